The van der Waals surface area contributed by atoms with Crippen LogP contribution in [0.3, 0.4) is 0 Å². The second-order valence-electron chi connectivity index (χ2n) is 6.25. The maximum Gasteiger partial charge on any atom is 0.256 e. The first-order valence-electron chi connectivity index (χ1n) is 8.00. The molecular formula is C17H16ClN3O3S. The number of rotatable bonds is 2. The van der Waals surface area contributed by atoms with Gasteiger partial charge in [0.25, 0.3) is 15.9 Å². The number of amides is 1. The second-order valence-corrected chi connectivity index (χ2v) is 8.45. The Labute approximate surface area is 150 Å². The molecule has 0 spiro atoms. The zero-order chi connectivity index (χ0) is 17.6. The summed E-state index contributed by atoms with van der Waals surface area (Å²) >= 11 is 6.02. The van der Waals surface area contributed by atoms with Crippen molar-refractivity contribution in [2.24, 2.45) is 4.40 Å². The average Bonchev–Trinajstić information content (AvgIpc) is 2.95. The smallest absolute Gasteiger partial charge is 0.256 e. The fraction of sp³-hybridized carbons (Fsp3) is 0.294. The molecule has 0 saturated carbocycles. The number of carbonyl (C=O) groups excluding carboxylic acids is 1. The van der Waals surface area contributed by atoms with Crippen LogP contribution in [0, 0.1) is 0 Å². The minimum absolute atomic E-state index is 0.0362. The Hall–Kier alpha value is -2.12. The summed E-state index contributed by atoms with van der Waals surface area (Å²) in [5.74, 6) is 0.118. The number of hydrogen-bond donors (Lipinski definition) is 1. The summed E-state index contributed by atoms with van der Waals surface area (Å²) in [7, 11) is -3.39. The van der Waals surface area contributed by atoms with E-state index < -0.39 is 10.0 Å². The molecule has 0 saturated heterocycles. The predicted octanol–water partition coefficient (Wildman–Crippen LogP) is 1.94. The Morgan fingerprint density at radius 2 is 2.16 bits per heavy atom. The molecule has 1 atom stereocenters. The highest BCUT2D eigenvalue weighted by atomic mass is 35.5. The zero-order valence-electron chi connectivity index (χ0n) is 13.3. The number of hydrogen-bond acceptors (Lipinski definition) is 4. The molecule has 1 aromatic rings. The van der Waals surface area contributed by atoms with Crippen molar-refractivity contribution >= 4 is 33.4 Å². The summed E-state index contributed by atoms with van der Waals surface area (Å²) in [5.41, 5.74) is 2.76. The third-order valence-electron chi connectivity index (χ3n) is 4.57. The predicted molar refractivity (Wildman–Crippen MR) is 95.8 cm³/mol. The lowest BCUT2D eigenvalue weighted by Gasteiger charge is -2.27. The van der Waals surface area contributed by atoms with E-state index in [0.717, 1.165) is 18.4 Å². The Bertz CT molecular complexity index is 950. The quantitative estimate of drug-likeness (QED) is 0.854. The van der Waals surface area contributed by atoms with Crippen molar-refractivity contribution in [1.29, 1.82) is 0 Å². The highest BCUT2D eigenvalue weighted by Gasteiger charge is 2.28. The molecule has 8 heteroatoms. The molecule has 2 aliphatic heterocycles. The van der Waals surface area contributed by atoms with E-state index in [0.29, 0.717) is 23.0 Å². The van der Waals surface area contributed by atoms with Crippen molar-refractivity contribution in [2.45, 2.75) is 18.9 Å². The van der Waals surface area contributed by atoms with Crippen LogP contribution in [0.5, 0.6) is 0 Å². The lowest BCUT2D eigenvalue weighted by molar-refractivity contribution is -0.118. The fourth-order valence-electron chi connectivity index (χ4n) is 3.31. The number of benzene rings is 1. The van der Waals surface area contributed by atoms with E-state index in [4.69, 9.17) is 11.6 Å². The van der Waals surface area contributed by atoms with Crippen LogP contribution in [0.1, 0.15) is 23.6 Å². The first-order valence-corrected chi connectivity index (χ1v) is 9.98. The van der Waals surface area contributed by atoms with Crippen molar-refractivity contribution in [3.05, 3.63) is 58.3 Å². The average molecular weight is 378 g/mol. The summed E-state index contributed by atoms with van der Waals surface area (Å²) in [4.78, 5) is 14.3. The standard InChI is InChI=1S/C17H16ClN3O3S/c18-13-3-4-14-11(9-13)1-5-15(14)19-17(22)12-2-6-16-20-25(23,24)8-7-21(16)10-12/h2-4,6,9-10,15H,1,5,7-8H2,(H,19,22)/t15-/m1/s1. The first kappa shape index (κ1) is 16.4. The Morgan fingerprint density at radius 3 is 3.00 bits per heavy atom. The van der Waals surface area contributed by atoms with E-state index in [1.54, 1.807) is 23.3 Å². The van der Waals surface area contributed by atoms with Gasteiger partial charge in [0, 0.05) is 17.8 Å². The van der Waals surface area contributed by atoms with E-state index in [-0.39, 0.29) is 17.7 Å². The number of amidine groups is 1. The van der Waals surface area contributed by atoms with Gasteiger partial charge in [-0.15, -0.1) is 4.40 Å². The first-order chi connectivity index (χ1) is 11.9. The van der Waals surface area contributed by atoms with Gasteiger partial charge < -0.3 is 10.2 Å². The SMILES string of the molecule is O=C(N[C@@H]1CCc2cc(Cl)ccc21)C1=CN2CCS(=O)(=O)N=C2C=C1. The molecule has 1 N–H and O–H groups in total. The summed E-state index contributed by atoms with van der Waals surface area (Å²) in [6.07, 6.45) is 6.54. The molecule has 130 valence electrons. The normalized spacial score (nSPS) is 23.4. The molecule has 0 radical (unpaired) electrons. The van der Waals surface area contributed by atoms with Crippen LogP contribution < -0.4 is 5.32 Å². The van der Waals surface area contributed by atoms with Crippen LogP contribution in [-0.4, -0.2) is 37.4 Å². The van der Waals surface area contributed by atoms with Crippen molar-refractivity contribution in [3.63, 3.8) is 0 Å². The maximum atomic E-state index is 12.6. The summed E-state index contributed by atoms with van der Waals surface area (Å²) in [6, 6.07) is 5.70. The van der Waals surface area contributed by atoms with Crippen LogP contribution in [0.15, 0.2) is 46.5 Å². The van der Waals surface area contributed by atoms with Crippen LogP contribution in [0.2, 0.25) is 5.02 Å². The molecule has 6 nitrogen and oxygen atoms in total. The fourth-order valence-corrected chi connectivity index (χ4v) is 4.48. The van der Waals surface area contributed by atoms with Gasteiger partial charge in [-0.3, -0.25) is 4.79 Å². The van der Waals surface area contributed by atoms with Crippen LogP contribution in [-0.2, 0) is 21.2 Å². The van der Waals surface area contributed by atoms with Gasteiger partial charge >= 0.3 is 0 Å². The third-order valence-corrected chi connectivity index (χ3v) is 5.97. The van der Waals surface area contributed by atoms with Gasteiger partial charge in [0.2, 0.25) is 0 Å². The van der Waals surface area contributed by atoms with Crippen molar-refractivity contribution in [1.82, 2.24) is 10.2 Å². The lowest BCUT2D eigenvalue weighted by atomic mass is 10.1. The second kappa shape index (κ2) is 6.00. The van der Waals surface area contributed by atoms with Gasteiger partial charge in [-0.25, -0.2) is 8.42 Å². The molecule has 1 amide bonds. The van der Waals surface area contributed by atoms with E-state index in [1.807, 2.05) is 18.2 Å². The van der Waals surface area contributed by atoms with E-state index in [2.05, 4.69) is 9.71 Å². The van der Waals surface area contributed by atoms with Crippen molar-refractivity contribution in [3.8, 4) is 0 Å². The molecule has 0 unspecified atom stereocenters. The highest BCUT2D eigenvalue weighted by molar-refractivity contribution is 7.90. The zero-order valence-corrected chi connectivity index (χ0v) is 14.8. The maximum absolute atomic E-state index is 12.6. The molecular weight excluding hydrogens is 362 g/mol. The third kappa shape index (κ3) is 3.21. The van der Waals surface area contributed by atoms with Gasteiger partial charge in [0.1, 0.15) is 5.84 Å². The van der Waals surface area contributed by atoms with Crippen LogP contribution >= 0.6 is 11.6 Å². The van der Waals surface area contributed by atoms with Gasteiger partial charge in [0.05, 0.1) is 17.4 Å². The van der Waals surface area contributed by atoms with E-state index in [9.17, 15) is 13.2 Å². The largest absolute Gasteiger partial charge is 0.345 e. The van der Waals surface area contributed by atoms with Crippen LogP contribution in [0.25, 0.3) is 0 Å². The van der Waals surface area contributed by atoms with Gasteiger partial charge in [-0.1, -0.05) is 17.7 Å². The lowest BCUT2D eigenvalue weighted by Crippen LogP contribution is -2.38. The monoisotopic (exact) mass is 377 g/mol. The number of carbonyl (C=O) groups is 1. The van der Waals surface area contributed by atoms with Gasteiger partial charge in [0.15, 0.2) is 0 Å². The highest BCUT2D eigenvalue weighted by Crippen LogP contribution is 2.33. The van der Waals surface area contributed by atoms with Crippen molar-refractivity contribution < 1.29 is 13.2 Å². The number of nitrogens with zero attached hydrogens (tertiary/aromatic N) is 2. The van der Waals surface area contributed by atoms with E-state index >= 15 is 0 Å². The molecule has 0 bridgehead atoms. The molecule has 1 aromatic carbocycles. The summed E-state index contributed by atoms with van der Waals surface area (Å²) < 4.78 is 26.8. The number of sulfonamides is 1. The molecule has 4 rings (SSSR count). The molecule has 25 heavy (non-hydrogen) atoms. The van der Waals surface area contributed by atoms with Gasteiger partial charge in [-0.05, 0) is 48.3 Å². The van der Waals surface area contributed by atoms with Crippen LogP contribution in [0.4, 0.5) is 0 Å². The Morgan fingerprint density at radius 1 is 1.32 bits per heavy atom. The summed E-state index contributed by atoms with van der Waals surface area (Å²) in [6.45, 7) is 0.299. The molecule has 2 heterocycles. The number of aryl methyl sites for hydroxylation is 1. The number of halogens is 1. The van der Waals surface area contributed by atoms with E-state index in [1.165, 1.54) is 5.56 Å². The number of fused-ring (bicyclic) bond motifs is 2. The molecule has 3 aliphatic rings. The summed E-state index contributed by atoms with van der Waals surface area (Å²) in [5, 5.41) is 3.75. The number of nitrogens with one attached hydrogen (secondary N) is 1. The molecule has 1 aliphatic carbocycles. The van der Waals surface area contributed by atoms with Crippen molar-refractivity contribution in [2.75, 3.05) is 12.3 Å². The topological polar surface area (TPSA) is 78.8 Å². The molecule has 0 fully saturated rings. The Balaban J connectivity index is 1.51. The Kier molecular flexibility index (Phi) is 3.92. The minimum atomic E-state index is -3.39. The van der Waals surface area contributed by atoms with Gasteiger partial charge in [-0.2, -0.15) is 0 Å². The minimum Gasteiger partial charge on any atom is -0.345 e. The molecule has 0 aromatic heterocycles.